The summed E-state index contributed by atoms with van der Waals surface area (Å²) in [6, 6.07) is 34.3. The van der Waals surface area contributed by atoms with Gasteiger partial charge in [-0.15, -0.1) is 5.06 Å². The molecule has 8 heteroatoms. The van der Waals surface area contributed by atoms with E-state index in [4.69, 9.17) is 14.3 Å². The summed E-state index contributed by atoms with van der Waals surface area (Å²) < 4.78 is 12.6. The number of aliphatic hydroxyl groups excluding tert-OH is 1. The molecular formula is C35H33NO7. The Hall–Kier alpha value is -4.79. The molecule has 1 aliphatic rings. The fraction of sp³-hybridized carbons (Fsp3) is 0.229. The molecule has 1 saturated heterocycles. The van der Waals surface area contributed by atoms with Gasteiger partial charge in [0.25, 0.3) is 11.8 Å². The summed E-state index contributed by atoms with van der Waals surface area (Å²) in [5.74, 6) is -1.29. The van der Waals surface area contributed by atoms with Crippen molar-refractivity contribution >= 4 is 17.8 Å². The van der Waals surface area contributed by atoms with Crippen LogP contribution >= 0.6 is 0 Å². The molecule has 1 heterocycles. The van der Waals surface area contributed by atoms with Crippen molar-refractivity contribution < 1.29 is 33.8 Å². The molecule has 1 atom stereocenters. The highest BCUT2D eigenvalue weighted by Crippen LogP contribution is 2.42. The summed E-state index contributed by atoms with van der Waals surface area (Å²) in [5.41, 5.74) is 2.74. The first-order valence-electron chi connectivity index (χ1n) is 14.3. The van der Waals surface area contributed by atoms with Gasteiger partial charge in [0.2, 0.25) is 0 Å². The Balaban J connectivity index is 1.51. The predicted octanol–water partition coefficient (Wildman–Crippen LogP) is 5.22. The smallest absolute Gasteiger partial charge is 0.363 e. The van der Waals surface area contributed by atoms with Gasteiger partial charge in [0.15, 0.2) is 0 Å². The van der Waals surface area contributed by atoms with Gasteiger partial charge in [0, 0.05) is 19.4 Å². The molecule has 1 aliphatic heterocycles. The second-order valence-electron chi connectivity index (χ2n) is 10.1. The molecule has 43 heavy (non-hydrogen) atoms. The fourth-order valence-corrected chi connectivity index (χ4v) is 5.17. The van der Waals surface area contributed by atoms with Gasteiger partial charge in [0.05, 0.1) is 12.2 Å². The van der Waals surface area contributed by atoms with E-state index < -0.39 is 23.4 Å². The lowest BCUT2D eigenvalue weighted by atomic mass is 9.79. The number of carbonyl (C=O) groups is 3. The average Bonchev–Trinajstić information content (AvgIpc) is 3.37. The lowest BCUT2D eigenvalue weighted by Gasteiger charge is -2.36. The quantitative estimate of drug-likeness (QED) is 0.132. The Morgan fingerprint density at radius 3 is 2.05 bits per heavy atom. The Kier molecular flexibility index (Phi) is 9.61. The van der Waals surface area contributed by atoms with Gasteiger partial charge >= 0.3 is 5.97 Å². The molecule has 0 aliphatic carbocycles. The van der Waals surface area contributed by atoms with E-state index in [0.29, 0.717) is 17.4 Å². The minimum atomic E-state index is -1.08. The van der Waals surface area contributed by atoms with E-state index in [9.17, 15) is 19.5 Å². The maximum atomic E-state index is 12.8. The number of hydrogen-bond acceptors (Lipinski definition) is 7. The molecule has 2 amide bonds. The van der Waals surface area contributed by atoms with Crippen molar-refractivity contribution in [3.8, 4) is 5.75 Å². The van der Waals surface area contributed by atoms with Crippen LogP contribution < -0.4 is 4.74 Å². The highest BCUT2D eigenvalue weighted by Gasteiger charge is 2.38. The summed E-state index contributed by atoms with van der Waals surface area (Å²) in [5, 5.41) is 9.85. The number of aliphatic hydroxyl groups is 1. The molecule has 0 aromatic heterocycles. The van der Waals surface area contributed by atoms with E-state index in [1.807, 2.05) is 72.8 Å². The van der Waals surface area contributed by atoms with E-state index in [1.54, 1.807) is 24.3 Å². The third-order valence-electron chi connectivity index (χ3n) is 7.26. The van der Waals surface area contributed by atoms with Crippen LogP contribution in [0.2, 0.25) is 0 Å². The van der Waals surface area contributed by atoms with E-state index in [1.165, 1.54) is 5.56 Å². The van der Waals surface area contributed by atoms with Crippen molar-refractivity contribution in [1.82, 2.24) is 5.06 Å². The molecule has 220 valence electrons. The first kappa shape index (κ1) is 29.7. The number of aryl methyl sites for hydroxylation is 1. The number of rotatable bonds is 13. The SMILES string of the molecule is O=C(ON1C(=O)CCC1=O)c1ccc(C(OCCCc2ccccc2)(c2ccccc2)c2cccc(OCCO)c2)cc1. The van der Waals surface area contributed by atoms with Crippen molar-refractivity contribution in [3.63, 3.8) is 0 Å². The van der Waals surface area contributed by atoms with Crippen molar-refractivity contribution in [3.05, 3.63) is 137 Å². The summed E-state index contributed by atoms with van der Waals surface area (Å²) >= 11 is 0. The minimum Gasteiger partial charge on any atom is -0.491 e. The molecule has 1 unspecified atom stereocenters. The standard InChI is InChI=1S/C35H33NO7/c37-22-24-41-31-15-7-14-30(25-31)35(28-12-5-2-6-13-28,42-23-8-11-26-9-3-1-4-10-26)29-18-16-27(17-19-29)34(40)43-36-32(38)20-21-33(36)39/h1-7,9-10,12-19,25,37H,8,11,20-24H2. The molecule has 0 bridgehead atoms. The number of imide groups is 1. The number of ether oxygens (including phenoxy) is 2. The molecular weight excluding hydrogens is 546 g/mol. The molecule has 8 nitrogen and oxygen atoms in total. The van der Waals surface area contributed by atoms with Crippen LogP contribution in [0, 0.1) is 0 Å². The van der Waals surface area contributed by atoms with Gasteiger partial charge < -0.3 is 19.4 Å². The Morgan fingerprint density at radius 1 is 0.744 bits per heavy atom. The monoisotopic (exact) mass is 579 g/mol. The van der Waals surface area contributed by atoms with Gasteiger partial charge in [-0.1, -0.05) is 84.9 Å². The zero-order valence-corrected chi connectivity index (χ0v) is 23.7. The van der Waals surface area contributed by atoms with Crippen molar-refractivity contribution in [1.29, 1.82) is 0 Å². The summed E-state index contributed by atoms with van der Waals surface area (Å²) in [6.07, 6.45) is 1.65. The zero-order valence-electron chi connectivity index (χ0n) is 23.7. The molecule has 0 saturated carbocycles. The third-order valence-corrected chi connectivity index (χ3v) is 7.26. The third kappa shape index (κ3) is 6.83. The molecule has 1 fully saturated rings. The Labute approximate surface area is 250 Å². The van der Waals surface area contributed by atoms with Gasteiger partial charge in [-0.05, 0) is 59.4 Å². The second-order valence-corrected chi connectivity index (χ2v) is 10.1. The van der Waals surface area contributed by atoms with Crippen LogP contribution in [-0.4, -0.2) is 47.8 Å². The Morgan fingerprint density at radius 2 is 1.37 bits per heavy atom. The van der Waals surface area contributed by atoms with E-state index in [-0.39, 0.29) is 31.6 Å². The number of carbonyl (C=O) groups excluding carboxylic acids is 3. The molecule has 1 N–H and O–H groups in total. The van der Waals surface area contributed by atoms with Gasteiger partial charge in [-0.2, -0.15) is 0 Å². The van der Waals surface area contributed by atoms with Gasteiger partial charge in [0.1, 0.15) is 18.0 Å². The largest absolute Gasteiger partial charge is 0.491 e. The predicted molar refractivity (Wildman–Crippen MR) is 159 cm³/mol. The Bertz CT molecular complexity index is 1520. The normalized spacial score (nSPS) is 14.4. The van der Waals surface area contributed by atoms with Crippen molar-refractivity contribution in [2.45, 2.75) is 31.3 Å². The molecule has 4 aromatic carbocycles. The first-order chi connectivity index (χ1) is 21.0. The lowest BCUT2D eigenvalue weighted by Crippen LogP contribution is -2.34. The average molecular weight is 580 g/mol. The lowest BCUT2D eigenvalue weighted by molar-refractivity contribution is -0.172. The van der Waals surface area contributed by atoms with Crippen LogP contribution in [0.3, 0.4) is 0 Å². The van der Waals surface area contributed by atoms with Crippen LogP contribution in [0.25, 0.3) is 0 Å². The van der Waals surface area contributed by atoms with E-state index in [0.717, 1.165) is 29.5 Å². The first-order valence-corrected chi connectivity index (χ1v) is 14.3. The topological polar surface area (TPSA) is 102 Å². The highest BCUT2D eigenvalue weighted by atomic mass is 16.7. The van der Waals surface area contributed by atoms with Crippen LogP contribution in [0.1, 0.15) is 51.9 Å². The van der Waals surface area contributed by atoms with E-state index in [2.05, 4.69) is 12.1 Å². The van der Waals surface area contributed by atoms with Gasteiger partial charge in [-0.25, -0.2) is 4.79 Å². The minimum absolute atomic E-state index is 0.0212. The van der Waals surface area contributed by atoms with Crippen molar-refractivity contribution in [2.24, 2.45) is 0 Å². The number of amides is 2. The molecule has 0 radical (unpaired) electrons. The van der Waals surface area contributed by atoms with Gasteiger partial charge in [-0.3, -0.25) is 9.59 Å². The zero-order chi connectivity index (χ0) is 30.1. The molecule has 4 aromatic rings. The number of hydroxylamine groups is 2. The van der Waals surface area contributed by atoms with Crippen LogP contribution in [0.4, 0.5) is 0 Å². The number of hydrogen-bond donors (Lipinski definition) is 1. The fourth-order valence-electron chi connectivity index (χ4n) is 5.17. The van der Waals surface area contributed by atoms with Crippen LogP contribution in [-0.2, 0) is 31.2 Å². The summed E-state index contributed by atoms with van der Waals surface area (Å²) in [7, 11) is 0. The summed E-state index contributed by atoms with van der Waals surface area (Å²) in [6.45, 7) is 0.462. The van der Waals surface area contributed by atoms with E-state index >= 15 is 0 Å². The maximum Gasteiger partial charge on any atom is 0.363 e. The molecule has 0 spiro atoms. The highest BCUT2D eigenvalue weighted by molar-refractivity contribution is 6.02. The molecule has 5 rings (SSSR count). The summed E-state index contributed by atoms with van der Waals surface area (Å²) in [4.78, 5) is 41.9. The van der Waals surface area contributed by atoms with Crippen LogP contribution in [0.5, 0.6) is 5.75 Å². The number of benzene rings is 4. The van der Waals surface area contributed by atoms with Crippen molar-refractivity contribution in [2.75, 3.05) is 19.8 Å². The second kappa shape index (κ2) is 13.9. The number of nitrogens with zero attached hydrogens (tertiary/aromatic N) is 1. The van der Waals surface area contributed by atoms with Crippen LogP contribution in [0.15, 0.2) is 109 Å². The maximum absolute atomic E-state index is 12.8.